The van der Waals surface area contributed by atoms with Crippen LogP contribution in [0.1, 0.15) is 17.7 Å². The summed E-state index contributed by atoms with van der Waals surface area (Å²) in [6.45, 7) is 2.48. The summed E-state index contributed by atoms with van der Waals surface area (Å²) in [5.74, 6) is 0.314. The summed E-state index contributed by atoms with van der Waals surface area (Å²) in [4.78, 5) is 26.0. The van der Waals surface area contributed by atoms with Gasteiger partial charge in [0.2, 0.25) is 5.91 Å². The van der Waals surface area contributed by atoms with Gasteiger partial charge < -0.3 is 10.2 Å². The van der Waals surface area contributed by atoms with E-state index >= 15 is 0 Å². The summed E-state index contributed by atoms with van der Waals surface area (Å²) in [6.07, 6.45) is 4.49. The van der Waals surface area contributed by atoms with Crippen LogP contribution >= 0.6 is 22.7 Å². The number of anilines is 1. The number of fused-ring (bicyclic) bond motifs is 1. The van der Waals surface area contributed by atoms with Gasteiger partial charge in [-0.3, -0.25) is 4.79 Å². The Bertz CT molecular complexity index is 805. The number of aromatic nitrogens is 2. The van der Waals surface area contributed by atoms with Crippen LogP contribution in [0.5, 0.6) is 0 Å². The van der Waals surface area contributed by atoms with E-state index in [4.69, 9.17) is 0 Å². The van der Waals surface area contributed by atoms with E-state index in [1.165, 1.54) is 4.88 Å². The van der Waals surface area contributed by atoms with Crippen LogP contribution in [-0.4, -0.2) is 35.5 Å². The number of pyridine rings is 1. The van der Waals surface area contributed by atoms with E-state index in [9.17, 15) is 4.79 Å². The van der Waals surface area contributed by atoms with Gasteiger partial charge in [-0.15, -0.1) is 11.3 Å². The maximum atomic E-state index is 12.4. The molecule has 1 fully saturated rings. The van der Waals surface area contributed by atoms with E-state index in [0.29, 0.717) is 0 Å². The fourth-order valence-electron chi connectivity index (χ4n) is 3.13. The summed E-state index contributed by atoms with van der Waals surface area (Å²) < 4.78 is 0. The lowest BCUT2D eigenvalue weighted by Crippen LogP contribution is -2.41. The minimum absolute atomic E-state index is 0.118. The predicted octanol–water partition coefficient (Wildman–Crippen LogP) is 3.33. The molecule has 130 valence electrons. The van der Waals surface area contributed by atoms with Gasteiger partial charge in [0, 0.05) is 36.6 Å². The largest absolute Gasteiger partial charge is 0.355 e. The lowest BCUT2D eigenvalue weighted by molar-refractivity contribution is -0.125. The molecule has 25 heavy (non-hydrogen) atoms. The van der Waals surface area contributed by atoms with Crippen molar-refractivity contribution in [3.8, 4) is 0 Å². The van der Waals surface area contributed by atoms with Crippen LogP contribution < -0.4 is 10.2 Å². The van der Waals surface area contributed by atoms with Gasteiger partial charge in [-0.1, -0.05) is 17.4 Å². The van der Waals surface area contributed by atoms with Crippen LogP contribution in [0.4, 0.5) is 5.13 Å². The maximum Gasteiger partial charge on any atom is 0.223 e. The molecule has 1 aliphatic heterocycles. The fraction of sp³-hybridized carbons (Fsp3) is 0.389. The standard InChI is InChI=1S/C18H20N4OS2/c23-16(19-9-5-14-3-2-12-24-14)13-6-10-22(11-7-13)18-21-15-4-1-8-20-17(15)25-18/h1-4,8,12-13H,5-7,9-11H2,(H,19,23). The van der Waals surface area contributed by atoms with Gasteiger partial charge in [-0.05, 0) is 42.8 Å². The van der Waals surface area contributed by atoms with Crippen LogP contribution in [0.25, 0.3) is 10.3 Å². The monoisotopic (exact) mass is 372 g/mol. The van der Waals surface area contributed by atoms with E-state index in [2.05, 4.69) is 37.7 Å². The third-order valence-corrected chi connectivity index (χ3v) is 6.52. The normalized spacial score (nSPS) is 15.6. The third kappa shape index (κ3) is 3.82. The summed E-state index contributed by atoms with van der Waals surface area (Å²) >= 11 is 3.37. The number of hydrogen-bond acceptors (Lipinski definition) is 6. The highest BCUT2D eigenvalue weighted by atomic mass is 32.1. The highest BCUT2D eigenvalue weighted by Gasteiger charge is 2.26. The quantitative estimate of drug-likeness (QED) is 0.746. The Balaban J connectivity index is 1.28. The molecule has 1 N–H and O–H groups in total. The lowest BCUT2D eigenvalue weighted by atomic mass is 9.96. The summed E-state index contributed by atoms with van der Waals surface area (Å²) in [5, 5.41) is 6.19. The zero-order valence-corrected chi connectivity index (χ0v) is 15.5. The fourth-order valence-corrected chi connectivity index (χ4v) is 4.80. The molecule has 0 unspecified atom stereocenters. The van der Waals surface area contributed by atoms with Crippen molar-refractivity contribution in [1.29, 1.82) is 0 Å². The van der Waals surface area contributed by atoms with Crippen LogP contribution in [0.15, 0.2) is 35.8 Å². The number of rotatable bonds is 5. The molecule has 5 nitrogen and oxygen atoms in total. The molecule has 1 amide bonds. The number of thiazole rings is 1. The molecule has 0 spiro atoms. The SMILES string of the molecule is O=C(NCCc1cccs1)C1CCN(c2nc3cccnc3s2)CC1. The number of piperidine rings is 1. The van der Waals surface area contributed by atoms with Gasteiger partial charge >= 0.3 is 0 Å². The second-order valence-electron chi connectivity index (χ2n) is 6.21. The molecule has 1 saturated heterocycles. The van der Waals surface area contributed by atoms with Gasteiger partial charge in [-0.2, -0.15) is 0 Å². The summed E-state index contributed by atoms with van der Waals surface area (Å²) in [6, 6.07) is 8.08. The smallest absolute Gasteiger partial charge is 0.223 e. The Kier molecular flexibility index (Phi) is 4.94. The number of carbonyl (C=O) groups excluding carboxylic acids is 1. The average molecular weight is 373 g/mol. The Morgan fingerprint density at radius 2 is 2.16 bits per heavy atom. The van der Waals surface area contributed by atoms with Gasteiger partial charge in [0.15, 0.2) is 5.13 Å². The second kappa shape index (κ2) is 7.49. The lowest BCUT2D eigenvalue weighted by Gasteiger charge is -2.30. The van der Waals surface area contributed by atoms with Gasteiger partial charge in [0.25, 0.3) is 0 Å². The number of thiophene rings is 1. The van der Waals surface area contributed by atoms with E-state index in [1.54, 1.807) is 28.9 Å². The molecule has 0 aromatic carbocycles. The highest BCUT2D eigenvalue weighted by Crippen LogP contribution is 2.30. The van der Waals surface area contributed by atoms with E-state index in [-0.39, 0.29) is 11.8 Å². The van der Waals surface area contributed by atoms with Crippen molar-refractivity contribution in [3.63, 3.8) is 0 Å². The van der Waals surface area contributed by atoms with Crippen molar-refractivity contribution in [2.75, 3.05) is 24.5 Å². The molecule has 0 radical (unpaired) electrons. The van der Waals surface area contributed by atoms with Crippen LogP contribution in [0.3, 0.4) is 0 Å². The Labute approximate surface area is 154 Å². The number of nitrogens with one attached hydrogen (secondary N) is 1. The Morgan fingerprint density at radius 3 is 2.92 bits per heavy atom. The molecule has 0 atom stereocenters. The van der Waals surface area contributed by atoms with Crippen molar-refractivity contribution in [1.82, 2.24) is 15.3 Å². The third-order valence-electron chi connectivity index (χ3n) is 4.54. The molecule has 7 heteroatoms. The first kappa shape index (κ1) is 16.5. The number of amides is 1. The molecule has 1 aliphatic rings. The second-order valence-corrected chi connectivity index (χ2v) is 8.19. The van der Waals surface area contributed by atoms with Crippen LogP contribution in [-0.2, 0) is 11.2 Å². The number of carbonyl (C=O) groups is 1. The van der Waals surface area contributed by atoms with Gasteiger partial charge in [0.05, 0.1) is 0 Å². The predicted molar refractivity (Wildman–Crippen MR) is 103 cm³/mol. The van der Waals surface area contributed by atoms with Crippen LogP contribution in [0.2, 0.25) is 0 Å². The number of hydrogen-bond donors (Lipinski definition) is 1. The first-order chi connectivity index (χ1) is 12.3. The molecule has 3 aromatic heterocycles. The summed E-state index contributed by atoms with van der Waals surface area (Å²) in [7, 11) is 0. The molecule has 0 saturated carbocycles. The minimum atomic E-state index is 0.118. The maximum absolute atomic E-state index is 12.4. The minimum Gasteiger partial charge on any atom is -0.355 e. The molecule has 3 aromatic rings. The van der Waals surface area contributed by atoms with E-state index in [1.807, 2.05) is 12.1 Å². The molecule has 0 aliphatic carbocycles. The Morgan fingerprint density at radius 1 is 1.28 bits per heavy atom. The zero-order valence-electron chi connectivity index (χ0n) is 13.9. The summed E-state index contributed by atoms with van der Waals surface area (Å²) in [5.41, 5.74) is 0.955. The molecule has 4 rings (SSSR count). The first-order valence-corrected chi connectivity index (χ1v) is 10.3. The molecular formula is C18H20N4OS2. The van der Waals surface area contributed by atoms with Crippen molar-refractivity contribution in [3.05, 3.63) is 40.7 Å². The average Bonchev–Trinajstić information content (AvgIpc) is 3.31. The molecule has 4 heterocycles. The number of nitrogens with zero attached hydrogens (tertiary/aromatic N) is 3. The van der Waals surface area contributed by atoms with Gasteiger partial charge in [0.1, 0.15) is 10.3 Å². The zero-order chi connectivity index (χ0) is 17.1. The molecular weight excluding hydrogens is 352 g/mol. The molecule has 0 bridgehead atoms. The van der Waals surface area contributed by atoms with Crippen molar-refractivity contribution in [2.24, 2.45) is 5.92 Å². The van der Waals surface area contributed by atoms with Gasteiger partial charge in [-0.25, -0.2) is 9.97 Å². The van der Waals surface area contributed by atoms with Crippen molar-refractivity contribution < 1.29 is 4.79 Å². The Hall–Kier alpha value is -1.99. The van der Waals surface area contributed by atoms with Crippen molar-refractivity contribution >= 4 is 44.1 Å². The van der Waals surface area contributed by atoms with E-state index in [0.717, 1.165) is 54.4 Å². The highest BCUT2D eigenvalue weighted by molar-refractivity contribution is 7.21. The van der Waals surface area contributed by atoms with E-state index < -0.39 is 0 Å². The topological polar surface area (TPSA) is 58.1 Å². The van der Waals surface area contributed by atoms with Crippen LogP contribution in [0, 0.1) is 5.92 Å². The first-order valence-electron chi connectivity index (χ1n) is 8.56. The van der Waals surface area contributed by atoms with Crippen molar-refractivity contribution in [2.45, 2.75) is 19.3 Å².